The van der Waals surface area contributed by atoms with Crippen molar-refractivity contribution in [3.63, 3.8) is 0 Å². The summed E-state index contributed by atoms with van der Waals surface area (Å²) in [5.74, 6) is 2.32. The molecule has 0 amide bonds. The monoisotopic (exact) mass is 460 g/mol. The molecule has 2 rings (SSSR count). The van der Waals surface area contributed by atoms with Gasteiger partial charge in [-0.2, -0.15) is 0 Å². The Labute approximate surface area is 177 Å². The molecule has 0 heterocycles. The van der Waals surface area contributed by atoms with Crippen molar-refractivity contribution in [1.29, 1.82) is 0 Å². The number of ether oxygens (including phenoxy) is 3. The second kappa shape index (κ2) is 11.3. The van der Waals surface area contributed by atoms with E-state index in [-0.39, 0.29) is 34.6 Å². The van der Waals surface area contributed by atoms with Crippen molar-refractivity contribution in [2.24, 2.45) is 0 Å². The van der Waals surface area contributed by atoms with E-state index in [2.05, 4.69) is 10.7 Å². The van der Waals surface area contributed by atoms with Crippen LogP contribution in [0.2, 0.25) is 0 Å². The molecular weight excluding hydrogens is 435 g/mol. The Balaban J connectivity index is 2.43. The van der Waals surface area contributed by atoms with Gasteiger partial charge < -0.3 is 0 Å². The van der Waals surface area contributed by atoms with E-state index in [1.165, 1.54) is 0 Å². The predicted molar refractivity (Wildman–Crippen MR) is 112 cm³/mol. The Morgan fingerprint density at radius 1 is 0.931 bits per heavy atom. The van der Waals surface area contributed by atoms with Crippen molar-refractivity contribution >= 4 is 31.4 Å². The summed E-state index contributed by atoms with van der Waals surface area (Å²) < 4.78 is 16.8. The molecule has 0 spiro atoms. The first-order valence-corrected chi connectivity index (χ1v) is 11.0. The van der Waals surface area contributed by atoms with Gasteiger partial charge in [0, 0.05) is 0 Å². The molecule has 0 saturated heterocycles. The van der Waals surface area contributed by atoms with E-state index in [1.54, 1.807) is 45.2 Å². The first kappa shape index (κ1) is 22.5. The molecule has 0 aliphatic heterocycles. The molecule has 0 atom stereocenters. The number of hydrogen-bond acceptors (Lipinski definition) is 5. The molecule has 5 nitrogen and oxygen atoms in total. The van der Waals surface area contributed by atoms with Crippen molar-refractivity contribution in [3.8, 4) is 16.5 Å². The average Bonchev–Trinajstić information content (AvgIpc) is 2.75. The van der Waals surface area contributed by atoms with Gasteiger partial charge in [0.15, 0.2) is 0 Å². The second-order valence-corrected chi connectivity index (χ2v) is 7.79. The van der Waals surface area contributed by atoms with Crippen LogP contribution < -0.4 is 9.20 Å². The summed E-state index contributed by atoms with van der Waals surface area (Å²) in [5.41, 5.74) is -1.17. The third-order valence-electron chi connectivity index (χ3n) is 4.17. The third-order valence-corrected chi connectivity index (χ3v) is 5.75. The van der Waals surface area contributed by atoms with E-state index in [0.717, 1.165) is 4.46 Å². The molecule has 152 valence electrons. The molecule has 29 heavy (non-hydrogen) atoms. The van der Waals surface area contributed by atoms with Crippen LogP contribution in [0, 0.1) is 10.7 Å². The summed E-state index contributed by atoms with van der Waals surface area (Å²) in [7, 11) is 1.55. The fourth-order valence-electron chi connectivity index (χ4n) is 2.70. The Kier molecular flexibility index (Phi) is 8.79. The summed E-state index contributed by atoms with van der Waals surface area (Å²) in [6, 6.07) is 16.6. The Morgan fingerprint density at radius 3 is 2.03 bits per heavy atom. The zero-order valence-electron chi connectivity index (χ0n) is 16.8. The van der Waals surface area contributed by atoms with E-state index < -0.39 is 17.4 Å². The van der Waals surface area contributed by atoms with Crippen LogP contribution >= 0.6 is 0 Å². The number of methoxy groups -OCH3 is 1. The van der Waals surface area contributed by atoms with Crippen LogP contribution in [0.4, 0.5) is 0 Å². The third kappa shape index (κ3) is 5.63. The van der Waals surface area contributed by atoms with Gasteiger partial charge in [0.1, 0.15) is 0 Å². The summed E-state index contributed by atoms with van der Waals surface area (Å²) in [5, 5.41) is 0. The Bertz CT molecular complexity index is 848. The topological polar surface area (TPSA) is 61.8 Å². The summed E-state index contributed by atoms with van der Waals surface area (Å²) in [6.45, 7) is 3.70. The maximum atomic E-state index is 13.0. The molecule has 0 bridgehead atoms. The van der Waals surface area contributed by atoms with Gasteiger partial charge in [-0.05, 0) is 0 Å². The fraction of sp³-hybridized carbons (Fsp3) is 0.304. The van der Waals surface area contributed by atoms with E-state index in [9.17, 15) is 9.59 Å². The fourth-order valence-corrected chi connectivity index (χ4v) is 3.87. The minimum absolute atomic E-state index is 0.0222. The number of carbonyl (C=O) groups excluding carboxylic acids is 2. The van der Waals surface area contributed by atoms with E-state index in [1.807, 2.05) is 30.3 Å². The summed E-state index contributed by atoms with van der Waals surface area (Å²) >= 11 is -0.0871. The molecule has 2 aromatic carbocycles. The van der Waals surface area contributed by atoms with Crippen LogP contribution in [0.3, 0.4) is 0 Å². The molecule has 0 radical (unpaired) electrons. The summed E-state index contributed by atoms with van der Waals surface area (Å²) in [6.07, 6.45) is -0.0222. The van der Waals surface area contributed by atoms with Gasteiger partial charge in [-0.15, -0.1) is 0 Å². The zero-order chi connectivity index (χ0) is 21.1. The van der Waals surface area contributed by atoms with Gasteiger partial charge in [0.2, 0.25) is 0 Å². The normalized spacial score (nSPS) is 10.4. The number of hydrogen-bond donors (Lipinski definition) is 0. The zero-order valence-corrected chi connectivity index (χ0v) is 18.5. The van der Waals surface area contributed by atoms with Crippen LogP contribution in [-0.2, 0) is 24.5 Å². The van der Waals surface area contributed by atoms with Crippen LogP contribution in [0.15, 0.2) is 54.6 Å². The number of rotatable bonds is 8. The number of benzene rings is 2. The maximum absolute atomic E-state index is 13.0. The number of esters is 2. The van der Waals surface area contributed by atoms with Gasteiger partial charge in [0.25, 0.3) is 0 Å². The molecule has 0 aliphatic rings. The minimum atomic E-state index is -1.64. The van der Waals surface area contributed by atoms with Crippen molar-refractivity contribution in [2.45, 2.75) is 25.7 Å². The standard InChI is InChI=1S/C23H24O5Se/c1-4-27-21(24)23(22(25)28-5-2,18-12-14-19(26-3)15-13-18)16-9-17-29-20-10-7-6-8-11-20/h6-8,10-15H,4-5,16H2,1-3H3. The van der Waals surface area contributed by atoms with Gasteiger partial charge in [-0.1, -0.05) is 0 Å². The van der Waals surface area contributed by atoms with Crippen molar-refractivity contribution in [1.82, 2.24) is 0 Å². The van der Waals surface area contributed by atoms with Gasteiger partial charge in [0.05, 0.1) is 0 Å². The SMILES string of the molecule is CCOC(=O)C(CC#C[Se]c1ccccc1)(C(=O)OCC)c1ccc(OC)cc1. The van der Waals surface area contributed by atoms with Gasteiger partial charge >= 0.3 is 178 Å². The van der Waals surface area contributed by atoms with Gasteiger partial charge in [-0.25, -0.2) is 0 Å². The average molecular weight is 459 g/mol. The summed E-state index contributed by atoms with van der Waals surface area (Å²) in [4.78, 5) is 29.1. The van der Waals surface area contributed by atoms with Crippen LogP contribution in [0.5, 0.6) is 5.75 Å². The molecule has 0 aromatic heterocycles. The van der Waals surface area contributed by atoms with Crippen LogP contribution in [0.25, 0.3) is 0 Å². The predicted octanol–water partition coefficient (Wildman–Crippen LogP) is 2.44. The Morgan fingerprint density at radius 2 is 1.52 bits per heavy atom. The van der Waals surface area contributed by atoms with Crippen molar-refractivity contribution in [3.05, 3.63) is 60.2 Å². The van der Waals surface area contributed by atoms with Crippen molar-refractivity contribution < 1.29 is 23.8 Å². The van der Waals surface area contributed by atoms with Crippen LogP contribution in [-0.4, -0.2) is 47.2 Å². The molecular formula is C23H24O5Se. The van der Waals surface area contributed by atoms with E-state index >= 15 is 0 Å². The number of carbonyl (C=O) groups is 2. The molecule has 0 fully saturated rings. The second-order valence-electron chi connectivity index (χ2n) is 5.95. The van der Waals surface area contributed by atoms with Gasteiger partial charge in [-0.3, -0.25) is 0 Å². The molecule has 0 unspecified atom stereocenters. The van der Waals surface area contributed by atoms with E-state index in [4.69, 9.17) is 14.2 Å². The molecule has 0 N–H and O–H groups in total. The molecule has 2 aromatic rings. The first-order valence-electron chi connectivity index (χ1n) is 9.27. The molecule has 0 aliphatic carbocycles. The molecule has 0 saturated carbocycles. The quantitative estimate of drug-likeness (QED) is 0.263. The van der Waals surface area contributed by atoms with Crippen LogP contribution in [0.1, 0.15) is 25.8 Å². The Hall–Kier alpha value is -2.74. The molecule has 6 heteroatoms. The first-order chi connectivity index (χ1) is 14.1. The van der Waals surface area contributed by atoms with E-state index in [0.29, 0.717) is 11.3 Å². The van der Waals surface area contributed by atoms with Crippen molar-refractivity contribution in [2.75, 3.05) is 20.3 Å².